The second-order valence-electron chi connectivity index (χ2n) is 2.69. The van der Waals surface area contributed by atoms with E-state index in [9.17, 15) is 0 Å². The Morgan fingerprint density at radius 2 is 1.71 bits per heavy atom. The highest BCUT2D eigenvalue weighted by molar-refractivity contribution is 6.48. The Hall–Kier alpha value is -0.700. The Morgan fingerprint density at radius 3 is 2.21 bits per heavy atom. The third-order valence-corrected chi connectivity index (χ3v) is 2.97. The molecule has 5 heteroatoms. The van der Waals surface area contributed by atoms with Crippen molar-refractivity contribution >= 4 is 34.8 Å². The number of nitrogens with zero attached hydrogens (tertiary/aromatic N) is 2. The summed E-state index contributed by atoms with van der Waals surface area (Å²) in [5.41, 5.74) is 0.835. The number of benzene rings is 1. The lowest BCUT2D eigenvalue weighted by molar-refractivity contribution is 1.06. The summed E-state index contributed by atoms with van der Waals surface area (Å²) in [6, 6.07) is 3.47. The Labute approximate surface area is 96.0 Å². The van der Waals surface area contributed by atoms with Crippen LogP contribution in [0.1, 0.15) is 0 Å². The smallest absolute Gasteiger partial charge is 0.0991 e. The molecule has 0 unspecified atom stereocenters. The normalized spacial score (nSPS) is 10.5. The lowest BCUT2D eigenvalue weighted by Crippen LogP contribution is -1.90. The zero-order chi connectivity index (χ0) is 10.1. The van der Waals surface area contributed by atoms with Crippen LogP contribution >= 0.6 is 34.8 Å². The fourth-order valence-electron chi connectivity index (χ4n) is 1.10. The maximum atomic E-state index is 5.89. The van der Waals surface area contributed by atoms with Crippen molar-refractivity contribution in [2.75, 3.05) is 0 Å². The largest absolute Gasteiger partial charge is 0.306 e. The van der Waals surface area contributed by atoms with Crippen LogP contribution in [0.25, 0.3) is 5.69 Å². The maximum Gasteiger partial charge on any atom is 0.0991 e. The van der Waals surface area contributed by atoms with Crippen LogP contribution in [0.15, 0.2) is 30.9 Å². The van der Waals surface area contributed by atoms with Crippen LogP contribution in [0.2, 0.25) is 15.1 Å². The average Bonchev–Trinajstić information content (AvgIpc) is 2.66. The predicted octanol–water partition coefficient (Wildman–Crippen LogP) is 3.83. The minimum atomic E-state index is 0.372. The lowest BCUT2D eigenvalue weighted by atomic mass is 10.3. The molecule has 2 aromatic rings. The molecule has 0 radical (unpaired) electrons. The minimum absolute atomic E-state index is 0.372. The van der Waals surface area contributed by atoms with Gasteiger partial charge in [-0.25, -0.2) is 4.98 Å². The van der Waals surface area contributed by atoms with E-state index in [-0.39, 0.29) is 0 Å². The molecular formula is C9H5Cl3N2. The van der Waals surface area contributed by atoms with Gasteiger partial charge in [-0.3, -0.25) is 0 Å². The van der Waals surface area contributed by atoms with Crippen molar-refractivity contribution in [3.63, 3.8) is 0 Å². The van der Waals surface area contributed by atoms with Gasteiger partial charge in [0.05, 0.1) is 21.4 Å². The van der Waals surface area contributed by atoms with Gasteiger partial charge in [-0.2, -0.15) is 0 Å². The molecule has 0 saturated carbocycles. The lowest BCUT2D eigenvalue weighted by Gasteiger charge is -2.05. The second kappa shape index (κ2) is 3.81. The molecule has 0 bridgehead atoms. The molecule has 1 aromatic carbocycles. The van der Waals surface area contributed by atoms with E-state index < -0.39 is 0 Å². The zero-order valence-corrected chi connectivity index (χ0v) is 9.18. The molecule has 14 heavy (non-hydrogen) atoms. The van der Waals surface area contributed by atoms with Crippen LogP contribution in [0.4, 0.5) is 0 Å². The summed E-state index contributed by atoms with van der Waals surface area (Å²) in [5, 5.41) is 1.24. The monoisotopic (exact) mass is 246 g/mol. The standard InChI is InChI=1S/C9H5Cl3N2/c10-7-3-6(4-8(11)9(7)12)14-2-1-13-5-14/h1-5H. The average molecular weight is 248 g/mol. The van der Waals surface area contributed by atoms with Crippen LogP contribution in [0.5, 0.6) is 0 Å². The van der Waals surface area contributed by atoms with E-state index in [2.05, 4.69) is 4.98 Å². The fourth-order valence-corrected chi connectivity index (χ4v) is 1.69. The van der Waals surface area contributed by atoms with Gasteiger partial charge in [0.15, 0.2) is 0 Å². The molecule has 2 rings (SSSR count). The molecule has 0 fully saturated rings. The van der Waals surface area contributed by atoms with E-state index in [0.717, 1.165) is 5.69 Å². The molecule has 0 amide bonds. The molecule has 0 aliphatic heterocycles. The molecule has 0 aliphatic carbocycles. The van der Waals surface area contributed by atoms with Crippen molar-refractivity contribution in [3.05, 3.63) is 45.9 Å². The Kier molecular flexibility index (Phi) is 2.68. The molecule has 1 aromatic heterocycles. The van der Waals surface area contributed by atoms with Gasteiger partial charge in [0.25, 0.3) is 0 Å². The van der Waals surface area contributed by atoms with E-state index in [1.807, 2.05) is 0 Å². The highest BCUT2D eigenvalue weighted by Gasteiger charge is 2.06. The van der Waals surface area contributed by atoms with Gasteiger partial charge >= 0.3 is 0 Å². The first-order chi connectivity index (χ1) is 6.68. The van der Waals surface area contributed by atoms with Gasteiger partial charge in [-0.15, -0.1) is 0 Å². The summed E-state index contributed by atoms with van der Waals surface area (Å²) in [5.74, 6) is 0. The Balaban J connectivity index is 2.57. The topological polar surface area (TPSA) is 17.8 Å². The van der Waals surface area contributed by atoms with Gasteiger partial charge in [0.1, 0.15) is 0 Å². The molecule has 72 valence electrons. The van der Waals surface area contributed by atoms with E-state index in [4.69, 9.17) is 34.8 Å². The minimum Gasteiger partial charge on any atom is -0.306 e. The van der Waals surface area contributed by atoms with Crippen LogP contribution in [-0.2, 0) is 0 Å². The van der Waals surface area contributed by atoms with Gasteiger partial charge in [0, 0.05) is 18.1 Å². The van der Waals surface area contributed by atoms with Crippen molar-refractivity contribution in [1.82, 2.24) is 9.55 Å². The first kappa shape index (κ1) is 9.84. The molecule has 2 nitrogen and oxygen atoms in total. The van der Waals surface area contributed by atoms with Crippen LogP contribution in [0, 0.1) is 0 Å². The molecule has 1 heterocycles. The second-order valence-corrected chi connectivity index (χ2v) is 3.89. The third-order valence-electron chi connectivity index (χ3n) is 1.77. The highest BCUT2D eigenvalue weighted by Crippen LogP contribution is 2.32. The summed E-state index contributed by atoms with van der Waals surface area (Å²) in [7, 11) is 0. The van der Waals surface area contributed by atoms with Crippen molar-refractivity contribution < 1.29 is 0 Å². The number of aromatic nitrogens is 2. The van der Waals surface area contributed by atoms with E-state index in [0.29, 0.717) is 15.1 Å². The first-order valence-corrected chi connectivity index (χ1v) is 4.95. The fraction of sp³-hybridized carbons (Fsp3) is 0. The quantitative estimate of drug-likeness (QED) is 0.700. The predicted molar refractivity (Wildman–Crippen MR) is 58.6 cm³/mol. The number of imidazole rings is 1. The Bertz CT molecular complexity index is 428. The van der Waals surface area contributed by atoms with Crippen LogP contribution in [-0.4, -0.2) is 9.55 Å². The van der Waals surface area contributed by atoms with E-state index in [1.165, 1.54) is 0 Å². The van der Waals surface area contributed by atoms with Gasteiger partial charge < -0.3 is 4.57 Å². The van der Waals surface area contributed by atoms with E-state index >= 15 is 0 Å². The molecular weight excluding hydrogens is 242 g/mol. The number of rotatable bonds is 1. The highest BCUT2D eigenvalue weighted by atomic mass is 35.5. The molecule has 0 atom stereocenters. The van der Waals surface area contributed by atoms with Crippen LogP contribution in [0.3, 0.4) is 0 Å². The van der Waals surface area contributed by atoms with Gasteiger partial charge in [-0.1, -0.05) is 34.8 Å². The van der Waals surface area contributed by atoms with Gasteiger partial charge in [-0.05, 0) is 12.1 Å². The van der Waals surface area contributed by atoms with E-state index in [1.54, 1.807) is 35.4 Å². The van der Waals surface area contributed by atoms with Gasteiger partial charge in [0.2, 0.25) is 0 Å². The van der Waals surface area contributed by atoms with Crippen molar-refractivity contribution in [1.29, 1.82) is 0 Å². The third kappa shape index (κ3) is 1.73. The number of hydrogen-bond donors (Lipinski definition) is 0. The summed E-state index contributed by atoms with van der Waals surface area (Å²) < 4.78 is 1.80. The molecule has 0 saturated heterocycles. The molecule has 0 aliphatic rings. The Morgan fingerprint density at radius 1 is 1.07 bits per heavy atom. The molecule has 0 N–H and O–H groups in total. The number of halogens is 3. The first-order valence-electron chi connectivity index (χ1n) is 3.81. The summed E-state index contributed by atoms with van der Waals surface area (Å²) in [6.45, 7) is 0. The molecule has 0 spiro atoms. The summed E-state index contributed by atoms with van der Waals surface area (Å²) >= 11 is 17.6. The van der Waals surface area contributed by atoms with Crippen molar-refractivity contribution in [2.24, 2.45) is 0 Å². The summed E-state index contributed by atoms with van der Waals surface area (Å²) in [4.78, 5) is 3.92. The number of hydrogen-bond acceptors (Lipinski definition) is 1. The van der Waals surface area contributed by atoms with Crippen LogP contribution < -0.4 is 0 Å². The maximum absolute atomic E-state index is 5.89. The zero-order valence-electron chi connectivity index (χ0n) is 6.92. The van der Waals surface area contributed by atoms with Crippen molar-refractivity contribution in [3.8, 4) is 5.69 Å². The van der Waals surface area contributed by atoms with Crippen molar-refractivity contribution in [2.45, 2.75) is 0 Å². The SMILES string of the molecule is Clc1cc(-n2ccnc2)cc(Cl)c1Cl. The summed E-state index contributed by atoms with van der Waals surface area (Å²) in [6.07, 6.45) is 5.14.